The van der Waals surface area contributed by atoms with Crippen LogP contribution in [0.15, 0.2) is 18.2 Å². The molecule has 0 fully saturated rings. The highest BCUT2D eigenvalue weighted by Crippen LogP contribution is 2.29. The van der Waals surface area contributed by atoms with Gasteiger partial charge in [0, 0.05) is 5.69 Å². The zero-order valence-corrected chi connectivity index (χ0v) is 11.3. The van der Waals surface area contributed by atoms with Gasteiger partial charge in [0.1, 0.15) is 22.4 Å². The maximum Gasteiger partial charge on any atom is 0.132 e. The van der Waals surface area contributed by atoms with Crippen LogP contribution in [0.4, 0.5) is 10.7 Å². The number of nitrogens with zero attached hydrogens (tertiary/aromatic N) is 2. The predicted octanol–water partition coefficient (Wildman–Crippen LogP) is 3.38. The molecule has 1 heterocycles. The van der Waals surface area contributed by atoms with Crippen molar-refractivity contribution in [1.29, 1.82) is 5.26 Å². The molecule has 0 aliphatic rings. The number of anilines is 2. The van der Waals surface area contributed by atoms with Crippen LogP contribution in [0.25, 0.3) is 0 Å². The summed E-state index contributed by atoms with van der Waals surface area (Å²) in [5.41, 5.74) is 3.33. The quantitative estimate of drug-likeness (QED) is 0.918. The van der Waals surface area contributed by atoms with E-state index in [0.717, 1.165) is 27.7 Å². The van der Waals surface area contributed by atoms with E-state index in [1.165, 1.54) is 11.5 Å². The van der Waals surface area contributed by atoms with Crippen LogP contribution in [-0.4, -0.2) is 11.5 Å². The van der Waals surface area contributed by atoms with Crippen molar-refractivity contribution in [3.63, 3.8) is 0 Å². The lowest BCUT2D eigenvalue weighted by Gasteiger charge is -2.08. The summed E-state index contributed by atoms with van der Waals surface area (Å²) in [5.74, 6) is 0.849. The van der Waals surface area contributed by atoms with Crippen LogP contribution in [-0.2, 0) is 0 Å². The molecule has 2 aromatic rings. The molecule has 0 aliphatic carbocycles. The number of nitriles is 1. The van der Waals surface area contributed by atoms with Gasteiger partial charge in [0.15, 0.2) is 0 Å². The number of nitrogens with one attached hydrogen (secondary N) is 1. The molecule has 0 atom stereocenters. The molecule has 92 valence electrons. The minimum Gasteiger partial charge on any atom is -0.496 e. The standard InChI is InChI=1S/C13H13N3OS/c1-8-6-10(4-5-12(8)17-3)15-13-11(7-14)9(2)16-18-13/h4-6,15H,1-3H3. The Balaban J connectivity index is 2.29. The second kappa shape index (κ2) is 5.07. The molecule has 0 amide bonds. The highest BCUT2D eigenvalue weighted by atomic mass is 32.1. The Bertz CT molecular complexity index is 613. The largest absolute Gasteiger partial charge is 0.496 e. The molecule has 0 saturated heterocycles. The van der Waals surface area contributed by atoms with E-state index in [1.807, 2.05) is 32.0 Å². The monoisotopic (exact) mass is 259 g/mol. The molecule has 1 N–H and O–H groups in total. The Labute approximate surface area is 110 Å². The van der Waals surface area contributed by atoms with Gasteiger partial charge in [-0.1, -0.05) is 0 Å². The van der Waals surface area contributed by atoms with Gasteiger partial charge < -0.3 is 10.1 Å². The average molecular weight is 259 g/mol. The van der Waals surface area contributed by atoms with E-state index in [-0.39, 0.29) is 0 Å². The lowest BCUT2D eigenvalue weighted by molar-refractivity contribution is 0.412. The molecule has 1 aromatic carbocycles. The normalized spacial score (nSPS) is 9.89. The molecule has 18 heavy (non-hydrogen) atoms. The van der Waals surface area contributed by atoms with Gasteiger partial charge in [0.2, 0.25) is 0 Å². The molecule has 2 rings (SSSR count). The fourth-order valence-corrected chi connectivity index (χ4v) is 2.44. The van der Waals surface area contributed by atoms with E-state index >= 15 is 0 Å². The number of hydrogen-bond donors (Lipinski definition) is 1. The molecule has 5 heteroatoms. The van der Waals surface area contributed by atoms with Gasteiger partial charge in [-0.25, -0.2) is 0 Å². The summed E-state index contributed by atoms with van der Waals surface area (Å²) in [6, 6.07) is 7.96. The van der Waals surface area contributed by atoms with Gasteiger partial charge in [0.25, 0.3) is 0 Å². The maximum absolute atomic E-state index is 9.06. The molecule has 1 aromatic heterocycles. The Morgan fingerprint density at radius 3 is 2.78 bits per heavy atom. The van der Waals surface area contributed by atoms with Crippen molar-refractivity contribution >= 4 is 22.2 Å². The maximum atomic E-state index is 9.06. The van der Waals surface area contributed by atoms with Crippen LogP contribution < -0.4 is 10.1 Å². The second-order valence-corrected chi connectivity index (χ2v) is 4.67. The number of aryl methyl sites for hydroxylation is 2. The summed E-state index contributed by atoms with van der Waals surface area (Å²) in [5, 5.41) is 13.1. The summed E-state index contributed by atoms with van der Waals surface area (Å²) in [4.78, 5) is 0. The molecule has 0 radical (unpaired) electrons. The fourth-order valence-electron chi connectivity index (χ4n) is 1.67. The average Bonchev–Trinajstić information content (AvgIpc) is 2.70. The molecular weight excluding hydrogens is 246 g/mol. The molecular formula is C13H13N3OS. The second-order valence-electron chi connectivity index (χ2n) is 3.89. The summed E-state index contributed by atoms with van der Waals surface area (Å²) in [7, 11) is 1.65. The number of rotatable bonds is 3. The lowest BCUT2D eigenvalue weighted by atomic mass is 10.2. The van der Waals surface area contributed by atoms with Gasteiger partial charge in [-0.15, -0.1) is 0 Å². The minimum atomic E-state index is 0.605. The zero-order valence-electron chi connectivity index (χ0n) is 10.4. The van der Waals surface area contributed by atoms with E-state index in [9.17, 15) is 0 Å². The number of aromatic nitrogens is 1. The van der Waals surface area contributed by atoms with Crippen LogP contribution >= 0.6 is 11.5 Å². The first-order chi connectivity index (χ1) is 8.65. The Kier molecular flexibility index (Phi) is 3.49. The van der Waals surface area contributed by atoms with Crippen LogP contribution in [0.1, 0.15) is 16.8 Å². The first-order valence-corrected chi connectivity index (χ1v) is 6.21. The minimum absolute atomic E-state index is 0.605. The number of methoxy groups -OCH3 is 1. The third-order valence-corrected chi connectivity index (χ3v) is 3.48. The molecule has 0 spiro atoms. The van der Waals surface area contributed by atoms with Crippen LogP contribution in [0.2, 0.25) is 0 Å². The first-order valence-electron chi connectivity index (χ1n) is 5.43. The van der Waals surface area contributed by atoms with Crippen molar-refractivity contribution in [2.45, 2.75) is 13.8 Å². The van der Waals surface area contributed by atoms with Crippen molar-refractivity contribution < 1.29 is 4.74 Å². The Hall–Kier alpha value is -2.06. The Morgan fingerprint density at radius 1 is 1.39 bits per heavy atom. The van der Waals surface area contributed by atoms with Gasteiger partial charge in [0.05, 0.1) is 12.8 Å². The Morgan fingerprint density at radius 2 is 2.17 bits per heavy atom. The van der Waals surface area contributed by atoms with Gasteiger partial charge in [-0.2, -0.15) is 9.64 Å². The van der Waals surface area contributed by atoms with Crippen LogP contribution in [0.5, 0.6) is 5.75 Å². The van der Waals surface area contributed by atoms with Crippen molar-refractivity contribution in [1.82, 2.24) is 4.37 Å². The van der Waals surface area contributed by atoms with Crippen molar-refractivity contribution in [3.8, 4) is 11.8 Å². The van der Waals surface area contributed by atoms with Gasteiger partial charge >= 0.3 is 0 Å². The van der Waals surface area contributed by atoms with E-state index in [2.05, 4.69) is 15.8 Å². The van der Waals surface area contributed by atoms with E-state index < -0.39 is 0 Å². The smallest absolute Gasteiger partial charge is 0.132 e. The third-order valence-electron chi connectivity index (χ3n) is 2.63. The van der Waals surface area contributed by atoms with E-state index in [0.29, 0.717) is 5.56 Å². The fraction of sp³-hybridized carbons (Fsp3) is 0.231. The molecule has 4 nitrogen and oxygen atoms in total. The van der Waals surface area contributed by atoms with Crippen molar-refractivity contribution in [2.75, 3.05) is 12.4 Å². The van der Waals surface area contributed by atoms with Crippen molar-refractivity contribution in [3.05, 3.63) is 35.0 Å². The predicted molar refractivity (Wildman–Crippen MR) is 72.6 cm³/mol. The molecule has 0 unspecified atom stereocenters. The summed E-state index contributed by atoms with van der Waals surface area (Å²) >= 11 is 1.30. The molecule has 0 aliphatic heterocycles. The number of benzene rings is 1. The number of ether oxygens (including phenoxy) is 1. The number of hydrogen-bond acceptors (Lipinski definition) is 5. The summed E-state index contributed by atoms with van der Waals surface area (Å²) in [6.45, 7) is 3.81. The first kappa shape index (κ1) is 12.4. The zero-order chi connectivity index (χ0) is 13.1. The summed E-state index contributed by atoms with van der Waals surface area (Å²) < 4.78 is 9.38. The van der Waals surface area contributed by atoms with E-state index in [1.54, 1.807) is 7.11 Å². The third kappa shape index (κ3) is 2.29. The van der Waals surface area contributed by atoms with E-state index in [4.69, 9.17) is 10.00 Å². The van der Waals surface area contributed by atoms with Gasteiger partial charge in [-0.05, 0) is 49.1 Å². The molecule has 0 saturated carbocycles. The van der Waals surface area contributed by atoms with Crippen LogP contribution in [0, 0.1) is 25.2 Å². The summed E-state index contributed by atoms with van der Waals surface area (Å²) in [6.07, 6.45) is 0. The lowest BCUT2D eigenvalue weighted by Crippen LogP contribution is -1.93. The molecule has 0 bridgehead atoms. The highest BCUT2D eigenvalue weighted by Gasteiger charge is 2.10. The topological polar surface area (TPSA) is 57.9 Å². The van der Waals surface area contributed by atoms with Gasteiger partial charge in [-0.3, -0.25) is 0 Å². The SMILES string of the molecule is COc1ccc(Nc2snc(C)c2C#N)cc1C. The van der Waals surface area contributed by atoms with Crippen molar-refractivity contribution in [2.24, 2.45) is 0 Å². The highest BCUT2D eigenvalue weighted by molar-refractivity contribution is 7.10. The van der Waals surface area contributed by atoms with Crippen LogP contribution in [0.3, 0.4) is 0 Å².